The van der Waals surface area contributed by atoms with Crippen LogP contribution in [0, 0.1) is 0 Å². The normalized spacial score (nSPS) is 12.0. The monoisotopic (exact) mass is 219 g/mol. The SMILES string of the molecule is COc1cc(CC(C)(C)N)cc2ccoc12. The average molecular weight is 219 g/mol. The van der Waals surface area contributed by atoms with Gasteiger partial charge in [-0.05, 0) is 44.0 Å². The maximum atomic E-state index is 6.01. The Kier molecular flexibility index (Phi) is 2.64. The Hall–Kier alpha value is -1.48. The van der Waals surface area contributed by atoms with Gasteiger partial charge in [0.05, 0.1) is 13.4 Å². The summed E-state index contributed by atoms with van der Waals surface area (Å²) in [5.74, 6) is 0.766. The quantitative estimate of drug-likeness (QED) is 0.863. The predicted molar refractivity (Wildman–Crippen MR) is 64.7 cm³/mol. The van der Waals surface area contributed by atoms with E-state index >= 15 is 0 Å². The van der Waals surface area contributed by atoms with Gasteiger partial charge in [0.1, 0.15) is 0 Å². The van der Waals surface area contributed by atoms with E-state index in [1.807, 2.05) is 26.0 Å². The largest absolute Gasteiger partial charge is 0.493 e. The number of fused-ring (bicyclic) bond motifs is 1. The van der Waals surface area contributed by atoms with Crippen molar-refractivity contribution in [1.29, 1.82) is 0 Å². The molecule has 0 aliphatic carbocycles. The lowest BCUT2D eigenvalue weighted by Crippen LogP contribution is -2.34. The van der Waals surface area contributed by atoms with Gasteiger partial charge in [-0.2, -0.15) is 0 Å². The Bertz CT molecular complexity index is 494. The minimum Gasteiger partial charge on any atom is -0.493 e. The van der Waals surface area contributed by atoms with Gasteiger partial charge < -0.3 is 14.9 Å². The smallest absolute Gasteiger partial charge is 0.175 e. The van der Waals surface area contributed by atoms with Gasteiger partial charge in [-0.25, -0.2) is 0 Å². The molecule has 0 aliphatic heterocycles. The van der Waals surface area contributed by atoms with Crippen molar-refractivity contribution in [3.63, 3.8) is 0 Å². The van der Waals surface area contributed by atoms with Crippen molar-refractivity contribution in [2.75, 3.05) is 7.11 Å². The molecule has 0 saturated heterocycles. The van der Waals surface area contributed by atoms with Crippen LogP contribution in [-0.4, -0.2) is 12.6 Å². The highest BCUT2D eigenvalue weighted by molar-refractivity contribution is 5.83. The van der Waals surface area contributed by atoms with E-state index in [2.05, 4.69) is 6.07 Å². The molecular formula is C13H17NO2. The van der Waals surface area contributed by atoms with Crippen LogP contribution in [0.5, 0.6) is 5.75 Å². The maximum absolute atomic E-state index is 6.01. The van der Waals surface area contributed by atoms with Gasteiger partial charge in [0.25, 0.3) is 0 Å². The summed E-state index contributed by atoms with van der Waals surface area (Å²) in [5.41, 5.74) is 7.75. The highest BCUT2D eigenvalue weighted by Crippen LogP contribution is 2.29. The molecule has 0 bridgehead atoms. The first-order chi connectivity index (χ1) is 7.49. The summed E-state index contributed by atoms with van der Waals surface area (Å²) in [6, 6.07) is 6.02. The van der Waals surface area contributed by atoms with Crippen molar-refractivity contribution in [3.8, 4) is 5.75 Å². The molecule has 2 N–H and O–H groups in total. The number of benzene rings is 1. The van der Waals surface area contributed by atoms with Crippen molar-refractivity contribution in [2.45, 2.75) is 25.8 Å². The van der Waals surface area contributed by atoms with Crippen LogP contribution >= 0.6 is 0 Å². The van der Waals surface area contributed by atoms with Crippen molar-refractivity contribution in [2.24, 2.45) is 5.73 Å². The van der Waals surface area contributed by atoms with Gasteiger partial charge in [0, 0.05) is 10.9 Å². The fraction of sp³-hybridized carbons (Fsp3) is 0.385. The van der Waals surface area contributed by atoms with Crippen LogP contribution in [0.1, 0.15) is 19.4 Å². The molecule has 3 nitrogen and oxygen atoms in total. The molecule has 0 spiro atoms. The number of nitrogens with two attached hydrogens (primary N) is 1. The molecule has 86 valence electrons. The summed E-state index contributed by atoms with van der Waals surface area (Å²) in [5, 5.41) is 1.05. The second-order valence-corrected chi connectivity index (χ2v) is 4.80. The van der Waals surface area contributed by atoms with Crippen molar-refractivity contribution < 1.29 is 9.15 Å². The van der Waals surface area contributed by atoms with Gasteiger partial charge in [-0.3, -0.25) is 0 Å². The second-order valence-electron chi connectivity index (χ2n) is 4.80. The summed E-state index contributed by atoms with van der Waals surface area (Å²) in [6.07, 6.45) is 2.48. The minimum absolute atomic E-state index is 0.220. The topological polar surface area (TPSA) is 48.4 Å². The first-order valence-electron chi connectivity index (χ1n) is 5.32. The van der Waals surface area contributed by atoms with Gasteiger partial charge in [-0.1, -0.05) is 0 Å². The Morgan fingerprint density at radius 1 is 1.38 bits per heavy atom. The molecule has 0 amide bonds. The van der Waals surface area contributed by atoms with Crippen LogP contribution in [0.25, 0.3) is 11.0 Å². The molecule has 0 unspecified atom stereocenters. The number of furan rings is 1. The molecule has 0 radical (unpaired) electrons. The van der Waals surface area contributed by atoms with Crippen LogP contribution in [-0.2, 0) is 6.42 Å². The molecule has 0 saturated carbocycles. The number of ether oxygens (including phenoxy) is 1. The molecule has 0 aliphatic rings. The van der Waals surface area contributed by atoms with Crippen molar-refractivity contribution >= 4 is 11.0 Å². The van der Waals surface area contributed by atoms with Crippen LogP contribution in [0.3, 0.4) is 0 Å². The number of hydrogen-bond acceptors (Lipinski definition) is 3. The molecule has 3 heteroatoms. The molecule has 1 aromatic carbocycles. The summed E-state index contributed by atoms with van der Waals surface area (Å²) in [6.45, 7) is 4.03. The third-order valence-electron chi connectivity index (χ3n) is 2.46. The van der Waals surface area contributed by atoms with Crippen LogP contribution in [0.15, 0.2) is 28.9 Å². The fourth-order valence-corrected chi connectivity index (χ4v) is 1.89. The molecule has 0 atom stereocenters. The predicted octanol–water partition coefficient (Wildman–Crippen LogP) is 2.72. The first kappa shape index (κ1) is 11.0. The van der Waals surface area contributed by atoms with Crippen molar-refractivity contribution in [3.05, 3.63) is 30.0 Å². The third-order valence-corrected chi connectivity index (χ3v) is 2.46. The fourth-order valence-electron chi connectivity index (χ4n) is 1.89. The Labute approximate surface area is 95.2 Å². The van der Waals surface area contributed by atoms with Gasteiger partial charge in [0.15, 0.2) is 11.3 Å². The van der Waals surface area contributed by atoms with Crippen LogP contribution in [0.2, 0.25) is 0 Å². The minimum atomic E-state index is -0.220. The summed E-state index contributed by atoms with van der Waals surface area (Å²) in [4.78, 5) is 0. The van der Waals surface area contributed by atoms with E-state index < -0.39 is 0 Å². The highest BCUT2D eigenvalue weighted by atomic mass is 16.5. The van der Waals surface area contributed by atoms with Gasteiger partial charge >= 0.3 is 0 Å². The zero-order valence-electron chi connectivity index (χ0n) is 9.91. The Morgan fingerprint density at radius 3 is 2.75 bits per heavy atom. The van der Waals surface area contributed by atoms with Gasteiger partial charge in [-0.15, -0.1) is 0 Å². The number of methoxy groups -OCH3 is 1. The standard InChI is InChI=1S/C13H17NO2/c1-13(2,14)8-9-6-10-4-5-16-12(10)11(7-9)15-3/h4-7H,8,14H2,1-3H3. The molecule has 1 aromatic heterocycles. The molecular weight excluding hydrogens is 202 g/mol. The molecule has 16 heavy (non-hydrogen) atoms. The molecule has 0 fully saturated rings. The lowest BCUT2D eigenvalue weighted by Gasteiger charge is -2.18. The first-order valence-corrected chi connectivity index (χ1v) is 5.32. The zero-order valence-corrected chi connectivity index (χ0v) is 9.91. The van der Waals surface area contributed by atoms with E-state index in [-0.39, 0.29) is 5.54 Å². The lowest BCUT2D eigenvalue weighted by molar-refractivity contribution is 0.409. The van der Waals surface area contributed by atoms with Crippen molar-refractivity contribution in [1.82, 2.24) is 0 Å². The summed E-state index contributed by atoms with van der Waals surface area (Å²) in [7, 11) is 1.65. The summed E-state index contributed by atoms with van der Waals surface area (Å²) < 4.78 is 10.7. The third kappa shape index (κ3) is 2.19. The zero-order chi connectivity index (χ0) is 11.8. The van der Waals surface area contributed by atoms with E-state index in [1.54, 1.807) is 13.4 Å². The van der Waals surface area contributed by atoms with E-state index in [0.717, 1.165) is 23.1 Å². The Morgan fingerprint density at radius 2 is 2.12 bits per heavy atom. The van der Waals surface area contributed by atoms with Crippen LogP contribution < -0.4 is 10.5 Å². The van der Waals surface area contributed by atoms with E-state index in [1.165, 1.54) is 5.56 Å². The molecule has 1 heterocycles. The lowest BCUT2D eigenvalue weighted by atomic mass is 9.95. The van der Waals surface area contributed by atoms with Crippen LogP contribution in [0.4, 0.5) is 0 Å². The maximum Gasteiger partial charge on any atom is 0.175 e. The summed E-state index contributed by atoms with van der Waals surface area (Å²) >= 11 is 0. The van der Waals surface area contributed by atoms with E-state index in [4.69, 9.17) is 14.9 Å². The van der Waals surface area contributed by atoms with Gasteiger partial charge in [0.2, 0.25) is 0 Å². The average Bonchev–Trinajstić information content (AvgIpc) is 2.61. The molecule has 2 aromatic rings. The number of hydrogen-bond donors (Lipinski definition) is 1. The number of rotatable bonds is 3. The van der Waals surface area contributed by atoms with E-state index in [0.29, 0.717) is 0 Å². The highest BCUT2D eigenvalue weighted by Gasteiger charge is 2.14. The Balaban J connectivity index is 2.47. The van der Waals surface area contributed by atoms with E-state index in [9.17, 15) is 0 Å². The molecule has 2 rings (SSSR count). The second kappa shape index (κ2) is 3.83.